The fourth-order valence-corrected chi connectivity index (χ4v) is 1.16. The van der Waals surface area contributed by atoms with E-state index in [4.69, 9.17) is 10.2 Å². The van der Waals surface area contributed by atoms with Crippen molar-refractivity contribution in [3.8, 4) is 0 Å². The van der Waals surface area contributed by atoms with Crippen molar-refractivity contribution >= 4 is 6.09 Å². The van der Waals surface area contributed by atoms with Crippen molar-refractivity contribution < 1.29 is 19.4 Å². The molecule has 4 nitrogen and oxygen atoms in total. The van der Waals surface area contributed by atoms with Crippen LogP contribution in [0.3, 0.4) is 0 Å². The van der Waals surface area contributed by atoms with Crippen LogP contribution >= 0.6 is 0 Å². The van der Waals surface area contributed by atoms with Crippen LogP contribution in [-0.2, 0) is 13.2 Å². The summed E-state index contributed by atoms with van der Waals surface area (Å²) in [7, 11) is 1.40. The Bertz CT molecular complexity index is 368. The predicted octanol–water partition coefficient (Wildman–Crippen LogP) is 1.43. The van der Waals surface area contributed by atoms with Crippen LogP contribution in [0.15, 0.2) is 18.2 Å². The third-order valence-electron chi connectivity index (χ3n) is 2.03. The van der Waals surface area contributed by atoms with Gasteiger partial charge in [-0.05, 0) is 11.6 Å². The third-order valence-corrected chi connectivity index (χ3v) is 2.03. The number of benzene rings is 1. The highest BCUT2D eigenvalue weighted by atomic mass is 19.1. The molecule has 0 saturated carbocycles. The number of hydrogen-bond donors (Lipinski definition) is 2. The first-order chi connectivity index (χ1) is 7.04. The molecule has 0 aliphatic rings. The second kappa shape index (κ2) is 4.75. The van der Waals surface area contributed by atoms with E-state index in [1.165, 1.54) is 19.2 Å². The van der Waals surface area contributed by atoms with E-state index in [1.54, 1.807) is 6.07 Å². The largest absolute Gasteiger partial charge is 0.465 e. The van der Waals surface area contributed by atoms with Crippen molar-refractivity contribution in [2.24, 2.45) is 0 Å². The maximum Gasteiger partial charge on any atom is 0.407 e. The predicted molar refractivity (Wildman–Crippen MR) is 51.8 cm³/mol. The minimum atomic E-state index is -1.07. The van der Waals surface area contributed by atoms with Gasteiger partial charge >= 0.3 is 6.09 Å². The molecule has 1 aromatic rings. The standard InChI is InChI=1S/C10H12FNO3/c1-12(10(14)15)5-7-2-3-8(6-13)9(11)4-7/h2-4,13H,5-6H2,1H3,(H,14,15). The Kier molecular flexibility index (Phi) is 3.62. The molecule has 15 heavy (non-hydrogen) atoms. The van der Waals surface area contributed by atoms with Gasteiger partial charge in [0.05, 0.1) is 6.61 Å². The van der Waals surface area contributed by atoms with Gasteiger partial charge in [0, 0.05) is 19.2 Å². The number of amides is 1. The number of aliphatic hydroxyl groups excluding tert-OH is 1. The van der Waals surface area contributed by atoms with Crippen LogP contribution in [0.5, 0.6) is 0 Å². The van der Waals surface area contributed by atoms with E-state index in [9.17, 15) is 9.18 Å². The molecule has 2 N–H and O–H groups in total. The molecular formula is C10H12FNO3. The molecule has 1 rings (SSSR count). The van der Waals surface area contributed by atoms with Gasteiger partial charge in [-0.2, -0.15) is 0 Å². The monoisotopic (exact) mass is 213 g/mol. The topological polar surface area (TPSA) is 60.8 Å². The number of hydrogen-bond acceptors (Lipinski definition) is 2. The Morgan fingerprint density at radius 2 is 2.20 bits per heavy atom. The number of carboxylic acid groups (broad SMARTS) is 1. The minimum Gasteiger partial charge on any atom is -0.465 e. The van der Waals surface area contributed by atoms with E-state index in [-0.39, 0.29) is 18.7 Å². The highest BCUT2D eigenvalue weighted by Crippen LogP contribution is 2.11. The van der Waals surface area contributed by atoms with Crippen LogP contribution in [0.2, 0.25) is 0 Å². The zero-order chi connectivity index (χ0) is 11.4. The van der Waals surface area contributed by atoms with Crippen LogP contribution in [0.1, 0.15) is 11.1 Å². The van der Waals surface area contributed by atoms with Crippen molar-refractivity contribution in [2.45, 2.75) is 13.2 Å². The molecule has 0 saturated heterocycles. The lowest BCUT2D eigenvalue weighted by Crippen LogP contribution is -2.23. The third kappa shape index (κ3) is 2.92. The average molecular weight is 213 g/mol. The van der Waals surface area contributed by atoms with Gasteiger partial charge in [0.25, 0.3) is 0 Å². The molecule has 0 bridgehead atoms. The van der Waals surface area contributed by atoms with Gasteiger partial charge in [-0.1, -0.05) is 12.1 Å². The molecule has 0 aliphatic heterocycles. The molecule has 0 unspecified atom stereocenters. The van der Waals surface area contributed by atoms with Crippen LogP contribution in [0.25, 0.3) is 0 Å². The minimum absolute atomic E-state index is 0.123. The maximum absolute atomic E-state index is 13.2. The summed E-state index contributed by atoms with van der Waals surface area (Å²) in [4.78, 5) is 11.6. The average Bonchev–Trinajstić information content (AvgIpc) is 2.18. The lowest BCUT2D eigenvalue weighted by atomic mass is 10.1. The molecule has 1 aromatic carbocycles. The second-order valence-electron chi connectivity index (χ2n) is 3.22. The van der Waals surface area contributed by atoms with Crippen molar-refractivity contribution in [1.82, 2.24) is 4.90 Å². The number of halogens is 1. The fraction of sp³-hybridized carbons (Fsp3) is 0.300. The summed E-state index contributed by atoms with van der Waals surface area (Å²) in [6, 6.07) is 4.26. The Morgan fingerprint density at radius 1 is 1.53 bits per heavy atom. The summed E-state index contributed by atoms with van der Waals surface area (Å²) >= 11 is 0. The van der Waals surface area contributed by atoms with Crippen molar-refractivity contribution in [1.29, 1.82) is 0 Å². The van der Waals surface area contributed by atoms with E-state index in [2.05, 4.69) is 0 Å². The van der Waals surface area contributed by atoms with Crippen molar-refractivity contribution in [3.63, 3.8) is 0 Å². The summed E-state index contributed by atoms with van der Waals surface area (Å²) in [6.07, 6.45) is -1.07. The Balaban J connectivity index is 2.79. The first-order valence-electron chi connectivity index (χ1n) is 4.37. The van der Waals surface area contributed by atoms with Gasteiger partial charge in [0.15, 0.2) is 0 Å². The van der Waals surface area contributed by atoms with Crippen LogP contribution < -0.4 is 0 Å². The second-order valence-corrected chi connectivity index (χ2v) is 3.22. The number of carbonyl (C=O) groups is 1. The van der Waals surface area contributed by atoms with Gasteiger partial charge in [-0.3, -0.25) is 0 Å². The maximum atomic E-state index is 13.2. The first-order valence-corrected chi connectivity index (χ1v) is 4.37. The van der Waals surface area contributed by atoms with Gasteiger partial charge in [-0.15, -0.1) is 0 Å². The quantitative estimate of drug-likeness (QED) is 0.798. The number of rotatable bonds is 3. The van der Waals surface area contributed by atoms with Crippen molar-refractivity contribution in [2.75, 3.05) is 7.05 Å². The highest BCUT2D eigenvalue weighted by Gasteiger charge is 2.08. The molecule has 0 heterocycles. The smallest absolute Gasteiger partial charge is 0.407 e. The summed E-state index contributed by atoms with van der Waals surface area (Å²) in [6.45, 7) is -0.237. The van der Waals surface area contributed by atoms with E-state index in [0.717, 1.165) is 4.90 Å². The molecule has 0 fully saturated rings. The van der Waals surface area contributed by atoms with E-state index in [1.807, 2.05) is 0 Å². The van der Waals surface area contributed by atoms with Crippen LogP contribution in [-0.4, -0.2) is 28.3 Å². The molecule has 0 radical (unpaired) electrons. The Hall–Kier alpha value is -1.62. The van der Waals surface area contributed by atoms with Crippen LogP contribution in [0, 0.1) is 5.82 Å². The highest BCUT2D eigenvalue weighted by molar-refractivity contribution is 5.64. The summed E-state index contributed by atoms with van der Waals surface area (Å²) in [5, 5.41) is 17.3. The zero-order valence-electron chi connectivity index (χ0n) is 8.27. The number of nitrogens with zero attached hydrogens (tertiary/aromatic N) is 1. The fourth-order valence-electron chi connectivity index (χ4n) is 1.16. The van der Waals surface area contributed by atoms with E-state index < -0.39 is 11.9 Å². The molecule has 1 amide bonds. The lowest BCUT2D eigenvalue weighted by Gasteiger charge is -2.13. The normalized spacial score (nSPS) is 10.1. The van der Waals surface area contributed by atoms with Gasteiger partial charge in [0.2, 0.25) is 0 Å². The summed E-state index contributed by atoms with van der Waals surface area (Å²) in [5.74, 6) is -0.520. The molecule has 0 atom stereocenters. The SMILES string of the molecule is CN(Cc1ccc(CO)c(F)c1)C(=O)O. The van der Waals surface area contributed by atoms with Gasteiger partial charge in [-0.25, -0.2) is 9.18 Å². The van der Waals surface area contributed by atoms with E-state index >= 15 is 0 Å². The molecule has 0 aliphatic carbocycles. The first kappa shape index (κ1) is 11.5. The molecule has 82 valence electrons. The summed E-state index contributed by atoms with van der Waals surface area (Å²) < 4.78 is 13.2. The number of aliphatic hydroxyl groups is 1. The molecule has 0 aromatic heterocycles. The lowest BCUT2D eigenvalue weighted by molar-refractivity contribution is 0.153. The Morgan fingerprint density at radius 3 is 2.67 bits per heavy atom. The van der Waals surface area contributed by atoms with Crippen molar-refractivity contribution in [3.05, 3.63) is 35.1 Å². The van der Waals surface area contributed by atoms with Crippen LogP contribution in [0.4, 0.5) is 9.18 Å². The molecule has 5 heteroatoms. The summed E-state index contributed by atoms with van der Waals surface area (Å²) in [5.41, 5.74) is 0.756. The van der Waals surface area contributed by atoms with Gasteiger partial charge < -0.3 is 15.1 Å². The molecule has 0 spiro atoms. The zero-order valence-corrected chi connectivity index (χ0v) is 8.27. The Labute approximate surface area is 86.6 Å². The molecular weight excluding hydrogens is 201 g/mol. The van der Waals surface area contributed by atoms with Gasteiger partial charge in [0.1, 0.15) is 5.82 Å². The van der Waals surface area contributed by atoms with E-state index in [0.29, 0.717) is 5.56 Å².